The molecule has 3 heterocycles. The molecule has 0 aliphatic carbocycles. The molecular formula is C21H19N5O6S. The predicted octanol–water partition coefficient (Wildman–Crippen LogP) is 1.60. The smallest absolute Gasteiger partial charge is 0.269 e. The van der Waals surface area contributed by atoms with Gasteiger partial charge in [-0.2, -0.15) is 5.10 Å². The van der Waals surface area contributed by atoms with Gasteiger partial charge >= 0.3 is 0 Å². The van der Waals surface area contributed by atoms with Gasteiger partial charge in [-0.25, -0.2) is 13.1 Å². The summed E-state index contributed by atoms with van der Waals surface area (Å²) in [6.45, 7) is 1.59. The van der Waals surface area contributed by atoms with Gasteiger partial charge in [-0.05, 0) is 30.3 Å². The molecule has 5 rings (SSSR count). The molecule has 0 saturated heterocycles. The topological polar surface area (TPSA) is 146 Å². The molecule has 3 aromatic rings. The Hall–Kier alpha value is -4.06. The number of carbonyl (C=O) groups is 2. The van der Waals surface area contributed by atoms with Crippen molar-refractivity contribution in [1.29, 1.82) is 0 Å². The third kappa shape index (κ3) is 3.53. The van der Waals surface area contributed by atoms with E-state index in [1.165, 1.54) is 16.5 Å². The highest BCUT2D eigenvalue weighted by molar-refractivity contribution is 7.92. The van der Waals surface area contributed by atoms with E-state index in [-0.39, 0.29) is 24.9 Å². The van der Waals surface area contributed by atoms with E-state index in [4.69, 9.17) is 15.2 Å². The molecule has 0 saturated carbocycles. The Labute approximate surface area is 188 Å². The van der Waals surface area contributed by atoms with Gasteiger partial charge < -0.3 is 20.1 Å². The first-order chi connectivity index (χ1) is 15.6. The summed E-state index contributed by atoms with van der Waals surface area (Å²) in [6, 6.07) is 10.0. The zero-order chi connectivity index (χ0) is 23.5. The number of anilines is 2. The maximum absolute atomic E-state index is 12.4. The molecule has 0 unspecified atom stereocenters. The van der Waals surface area contributed by atoms with Gasteiger partial charge in [0.15, 0.2) is 17.2 Å². The molecule has 3 N–H and O–H groups in total. The average molecular weight is 469 g/mol. The minimum atomic E-state index is -3.55. The van der Waals surface area contributed by atoms with Crippen molar-refractivity contribution >= 4 is 33.2 Å². The van der Waals surface area contributed by atoms with Crippen molar-refractivity contribution in [3.05, 3.63) is 47.7 Å². The summed E-state index contributed by atoms with van der Waals surface area (Å²) in [7, 11) is -3.55. The number of nitrogens with one attached hydrogen (secondary N) is 1. The summed E-state index contributed by atoms with van der Waals surface area (Å²) < 4.78 is 38.4. The number of fused-ring (bicyclic) bond motifs is 4. The molecule has 0 spiro atoms. The highest BCUT2D eigenvalue weighted by atomic mass is 32.2. The van der Waals surface area contributed by atoms with Crippen LogP contribution < -0.4 is 24.8 Å². The Morgan fingerprint density at radius 2 is 1.88 bits per heavy atom. The van der Waals surface area contributed by atoms with Crippen LogP contribution >= 0.6 is 0 Å². The Morgan fingerprint density at radius 3 is 2.58 bits per heavy atom. The van der Waals surface area contributed by atoms with Crippen molar-refractivity contribution in [2.75, 3.05) is 22.7 Å². The van der Waals surface area contributed by atoms with Crippen molar-refractivity contribution in [2.24, 2.45) is 5.73 Å². The fourth-order valence-corrected chi connectivity index (χ4v) is 4.60. The van der Waals surface area contributed by atoms with Crippen LogP contribution in [0.2, 0.25) is 0 Å². The summed E-state index contributed by atoms with van der Waals surface area (Å²) >= 11 is 0. The SMILES string of the molecule is CC(=O)N1Cc2c(C(N)=O)nn(-c3ccc4c(c3)OCO4)c2-c2cc(NS(C)(=O)=O)ccc21. The van der Waals surface area contributed by atoms with E-state index >= 15 is 0 Å². The lowest BCUT2D eigenvalue weighted by Gasteiger charge is -2.30. The highest BCUT2D eigenvalue weighted by Crippen LogP contribution is 2.44. The van der Waals surface area contributed by atoms with Crippen LogP contribution in [0.5, 0.6) is 11.5 Å². The van der Waals surface area contributed by atoms with E-state index in [2.05, 4.69) is 9.82 Å². The number of aromatic nitrogens is 2. The number of nitrogens with two attached hydrogens (primary N) is 1. The van der Waals surface area contributed by atoms with Gasteiger partial charge in [-0.1, -0.05) is 0 Å². The molecule has 2 aliphatic heterocycles. The molecule has 2 aromatic carbocycles. The second-order valence-corrected chi connectivity index (χ2v) is 9.45. The summed E-state index contributed by atoms with van der Waals surface area (Å²) in [6.07, 6.45) is 1.04. The minimum Gasteiger partial charge on any atom is -0.454 e. The number of hydrogen-bond donors (Lipinski definition) is 2. The number of nitrogens with zero attached hydrogens (tertiary/aromatic N) is 3. The van der Waals surface area contributed by atoms with Crippen molar-refractivity contribution in [3.8, 4) is 28.4 Å². The van der Waals surface area contributed by atoms with Crippen molar-refractivity contribution in [3.63, 3.8) is 0 Å². The maximum atomic E-state index is 12.4. The number of amides is 2. The molecular weight excluding hydrogens is 450 g/mol. The van der Waals surface area contributed by atoms with Crippen LogP contribution in [0.3, 0.4) is 0 Å². The summed E-state index contributed by atoms with van der Waals surface area (Å²) in [4.78, 5) is 26.2. The van der Waals surface area contributed by atoms with Crippen molar-refractivity contribution in [2.45, 2.75) is 13.5 Å². The predicted molar refractivity (Wildman–Crippen MR) is 119 cm³/mol. The molecule has 0 atom stereocenters. The largest absolute Gasteiger partial charge is 0.454 e. The molecule has 170 valence electrons. The Kier molecular flexibility index (Phi) is 4.57. The van der Waals surface area contributed by atoms with E-state index < -0.39 is 15.9 Å². The normalized spacial score (nSPS) is 13.9. The fraction of sp³-hybridized carbons (Fsp3) is 0.190. The van der Waals surface area contributed by atoms with Gasteiger partial charge in [0.25, 0.3) is 5.91 Å². The monoisotopic (exact) mass is 469 g/mol. The Morgan fingerprint density at radius 1 is 1.12 bits per heavy atom. The minimum absolute atomic E-state index is 0.0149. The third-order valence-electron chi connectivity index (χ3n) is 5.36. The van der Waals surface area contributed by atoms with Crippen molar-refractivity contribution < 1.29 is 27.5 Å². The average Bonchev–Trinajstić information content (AvgIpc) is 3.35. The van der Waals surface area contributed by atoms with Crippen LogP contribution in [0.4, 0.5) is 11.4 Å². The van der Waals surface area contributed by atoms with Crippen LogP contribution in [-0.2, 0) is 21.4 Å². The van der Waals surface area contributed by atoms with E-state index in [0.717, 1.165) is 6.26 Å². The fourth-order valence-electron chi connectivity index (χ4n) is 4.04. The van der Waals surface area contributed by atoms with E-state index in [9.17, 15) is 18.0 Å². The van der Waals surface area contributed by atoms with Crippen LogP contribution in [0.15, 0.2) is 36.4 Å². The van der Waals surface area contributed by atoms with Gasteiger partial charge in [-0.3, -0.25) is 14.3 Å². The molecule has 33 heavy (non-hydrogen) atoms. The first-order valence-corrected chi connectivity index (χ1v) is 11.7. The van der Waals surface area contributed by atoms with Gasteiger partial charge in [0.1, 0.15) is 0 Å². The number of primary amides is 1. The van der Waals surface area contributed by atoms with E-state index in [0.29, 0.717) is 45.4 Å². The third-order valence-corrected chi connectivity index (χ3v) is 5.97. The van der Waals surface area contributed by atoms with E-state index in [1.807, 2.05) is 0 Å². The van der Waals surface area contributed by atoms with Gasteiger partial charge in [0.05, 0.1) is 29.9 Å². The molecule has 12 heteroatoms. The maximum Gasteiger partial charge on any atom is 0.269 e. The zero-order valence-corrected chi connectivity index (χ0v) is 18.5. The van der Waals surface area contributed by atoms with Gasteiger partial charge in [-0.15, -0.1) is 0 Å². The molecule has 0 bridgehead atoms. The molecule has 2 amide bonds. The highest BCUT2D eigenvalue weighted by Gasteiger charge is 2.33. The van der Waals surface area contributed by atoms with Crippen LogP contribution in [-0.4, -0.2) is 43.1 Å². The first kappa shape index (κ1) is 20.8. The Balaban J connectivity index is 1.78. The van der Waals surface area contributed by atoms with Gasteiger partial charge in [0.2, 0.25) is 22.7 Å². The molecule has 2 aliphatic rings. The first-order valence-electron chi connectivity index (χ1n) is 9.84. The molecule has 1 aromatic heterocycles. The molecule has 11 nitrogen and oxygen atoms in total. The number of hydrogen-bond acceptors (Lipinski definition) is 7. The van der Waals surface area contributed by atoms with Crippen molar-refractivity contribution in [1.82, 2.24) is 9.78 Å². The number of benzene rings is 2. The number of ether oxygens (including phenoxy) is 2. The summed E-state index contributed by atoms with van der Waals surface area (Å²) in [5, 5.41) is 4.45. The zero-order valence-electron chi connectivity index (χ0n) is 17.7. The number of sulfonamides is 1. The lowest BCUT2D eigenvalue weighted by molar-refractivity contribution is -0.116. The van der Waals surface area contributed by atoms with Gasteiger partial charge in [0, 0.05) is 29.8 Å². The Bertz CT molecular complexity index is 1450. The van der Waals surface area contributed by atoms with Crippen LogP contribution in [0.1, 0.15) is 23.0 Å². The van der Waals surface area contributed by atoms with Crippen LogP contribution in [0, 0.1) is 0 Å². The lowest BCUT2D eigenvalue weighted by Crippen LogP contribution is -2.32. The summed E-state index contributed by atoms with van der Waals surface area (Å²) in [5.41, 5.74) is 8.55. The standard InChI is InChI=1S/C21H19N5O6S/c1-11(27)25-9-15-19(21(22)28)23-26(13-4-6-17-18(8-13)32-10-31-17)20(15)14-7-12(3-5-16(14)25)24-33(2,29)30/h3-8,24H,9-10H2,1-2H3,(H2,22,28). The van der Waals surface area contributed by atoms with E-state index in [1.54, 1.807) is 36.4 Å². The summed E-state index contributed by atoms with van der Waals surface area (Å²) in [5.74, 6) is 0.101. The number of carbonyl (C=O) groups excluding carboxylic acids is 2. The molecule has 0 fully saturated rings. The number of rotatable bonds is 4. The lowest BCUT2D eigenvalue weighted by atomic mass is 9.97. The van der Waals surface area contributed by atoms with Crippen LogP contribution in [0.25, 0.3) is 16.9 Å². The quantitative estimate of drug-likeness (QED) is 0.590. The second kappa shape index (κ2) is 7.24. The molecule has 0 radical (unpaired) electrons. The second-order valence-electron chi connectivity index (χ2n) is 7.70.